The predicted octanol–water partition coefficient (Wildman–Crippen LogP) is 4.27. The first kappa shape index (κ1) is 21.3. The van der Waals surface area contributed by atoms with Gasteiger partial charge in [-0.3, -0.25) is 19.0 Å². The number of benzene rings is 2. The van der Waals surface area contributed by atoms with E-state index in [0.29, 0.717) is 28.5 Å². The van der Waals surface area contributed by atoms with E-state index in [1.165, 1.54) is 10.6 Å². The van der Waals surface area contributed by atoms with Crippen LogP contribution in [0, 0.1) is 0 Å². The van der Waals surface area contributed by atoms with Gasteiger partial charge in [-0.05, 0) is 55.0 Å². The number of hydrogen-bond acceptors (Lipinski definition) is 3. The lowest BCUT2D eigenvalue weighted by Crippen LogP contribution is -2.32. The maximum absolute atomic E-state index is 12.7. The lowest BCUT2D eigenvalue weighted by atomic mass is 10.2. The van der Waals surface area contributed by atoms with Crippen molar-refractivity contribution in [1.29, 1.82) is 0 Å². The summed E-state index contributed by atoms with van der Waals surface area (Å²) in [7, 11) is 0. The van der Waals surface area contributed by atoms with Gasteiger partial charge in [-0.15, -0.1) is 0 Å². The van der Waals surface area contributed by atoms with E-state index in [2.05, 4.69) is 10.6 Å². The van der Waals surface area contributed by atoms with E-state index in [0.717, 1.165) is 12.8 Å². The molecule has 2 N–H and O–H groups in total. The van der Waals surface area contributed by atoms with Crippen LogP contribution in [0.2, 0.25) is 5.02 Å². The van der Waals surface area contributed by atoms with Crippen LogP contribution in [0.15, 0.2) is 71.7 Å². The maximum Gasteiger partial charge on any atom is 0.267 e. The summed E-state index contributed by atoms with van der Waals surface area (Å²) < 4.78 is 1.40. The van der Waals surface area contributed by atoms with E-state index in [1.54, 1.807) is 60.8 Å². The minimum atomic E-state index is -0.403. The average molecular weight is 424 g/mol. The molecule has 0 fully saturated rings. The third-order valence-corrected chi connectivity index (χ3v) is 4.86. The molecule has 1 aromatic heterocycles. The predicted molar refractivity (Wildman–Crippen MR) is 119 cm³/mol. The minimum absolute atomic E-state index is 0.0877. The Labute approximate surface area is 179 Å². The van der Waals surface area contributed by atoms with Crippen molar-refractivity contribution in [3.05, 3.63) is 93.4 Å². The maximum atomic E-state index is 12.7. The number of carbonyl (C=O) groups is 2. The normalized spacial score (nSPS) is 10.5. The van der Waals surface area contributed by atoms with E-state index in [4.69, 9.17) is 11.6 Å². The summed E-state index contributed by atoms with van der Waals surface area (Å²) in [6, 6.07) is 16.7. The van der Waals surface area contributed by atoms with Crippen LogP contribution < -0.4 is 16.2 Å². The molecule has 154 valence electrons. The molecule has 0 radical (unpaired) electrons. The van der Waals surface area contributed by atoms with Gasteiger partial charge in [-0.2, -0.15) is 0 Å². The Balaban J connectivity index is 1.77. The molecular formula is C23H22ClN3O3. The third kappa shape index (κ3) is 4.96. The Morgan fingerprint density at radius 3 is 2.33 bits per heavy atom. The number of anilines is 1. The Hall–Kier alpha value is -3.38. The van der Waals surface area contributed by atoms with Crippen molar-refractivity contribution in [1.82, 2.24) is 9.88 Å². The number of hydrogen-bond donors (Lipinski definition) is 2. The lowest BCUT2D eigenvalue weighted by Gasteiger charge is -2.10. The molecule has 0 saturated heterocycles. The van der Waals surface area contributed by atoms with Crippen LogP contribution in [-0.2, 0) is 0 Å². The fourth-order valence-electron chi connectivity index (χ4n) is 2.89. The molecule has 0 aliphatic heterocycles. The second-order valence-corrected chi connectivity index (χ2v) is 7.09. The zero-order valence-electron chi connectivity index (χ0n) is 16.5. The lowest BCUT2D eigenvalue weighted by molar-refractivity contribution is 0.0950. The number of halogens is 1. The molecule has 3 rings (SSSR count). The van der Waals surface area contributed by atoms with Gasteiger partial charge in [-0.1, -0.05) is 37.1 Å². The number of aromatic nitrogens is 1. The monoisotopic (exact) mass is 423 g/mol. The molecule has 0 spiro atoms. The molecule has 7 heteroatoms. The van der Waals surface area contributed by atoms with E-state index in [9.17, 15) is 14.4 Å². The number of pyridine rings is 1. The Kier molecular flexibility index (Phi) is 7.03. The van der Waals surface area contributed by atoms with Crippen LogP contribution in [0.25, 0.3) is 5.69 Å². The van der Waals surface area contributed by atoms with Crippen molar-refractivity contribution in [3.8, 4) is 5.69 Å². The molecule has 0 aliphatic rings. The van der Waals surface area contributed by atoms with Gasteiger partial charge in [0.2, 0.25) is 0 Å². The molecule has 0 bridgehead atoms. The fraction of sp³-hybridized carbons (Fsp3) is 0.174. The Morgan fingerprint density at radius 2 is 1.63 bits per heavy atom. The highest BCUT2D eigenvalue weighted by Gasteiger charge is 2.13. The van der Waals surface area contributed by atoms with Crippen LogP contribution in [0.3, 0.4) is 0 Å². The molecule has 2 amide bonds. The fourth-order valence-corrected chi connectivity index (χ4v) is 3.11. The van der Waals surface area contributed by atoms with Crippen molar-refractivity contribution in [2.75, 3.05) is 11.9 Å². The summed E-state index contributed by atoms with van der Waals surface area (Å²) in [5.74, 6) is -0.706. The topological polar surface area (TPSA) is 80.2 Å². The van der Waals surface area contributed by atoms with Crippen LogP contribution in [0.5, 0.6) is 0 Å². The molecule has 1 heterocycles. The zero-order valence-corrected chi connectivity index (χ0v) is 17.3. The first-order chi connectivity index (χ1) is 14.5. The van der Waals surface area contributed by atoms with Crippen LogP contribution >= 0.6 is 11.6 Å². The number of amides is 2. The van der Waals surface area contributed by atoms with Gasteiger partial charge >= 0.3 is 0 Å². The molecule has 0 aliphatic carbocycles. The van der Waals surface area contributed by atoms with E-state index < -0.39 is 5.56 Å². The molecule has 2 aromatic carbocycles. The van der Waals surface area contributed by atoms with E-state index in [1.807, 2.05) is 6.92 Å². The van der Waals surface area contributed by atoms with E-state index in [-0.39, 0.29) is 17.4 Å². The van der Waals surface area contributed by atoms with Gasteiger partial charge in [0.05, 0.1) is 10.6 Å². The van der Waals surface area contributed by atoms with Crippen LogP contribution in [0.1, 0.15) is 40.5 Å². The van der Waals surface area contributed by atoms with Gasteiger partial charge in [0.15, 0.2) is 0 Å². The zero-order chi connectivity index (χ0) is 21.5. The molecule has 6 nitrogen and oxygen atoms in total. The van der Waals surface area contributed by atoms with Crippen molar-refractivity contribution in [3.63, 3.8) is 0 Å². The molecule has 0 unspecified atom stereocenters. The summed E-state index contributed by atoms with van der Waals surface area (Å²) in [5.41, 5.74) is 1.20. The number of unbranched alkanes of at least 4 members (excludes halogenated alkanes) is 1. The van der Waals surface area contributed by atoms with Gasteiger partial charge in [0.1, 0.15) is 5.56 Å². The average Bonchev–Trinajstić information content (AvgIpc) is 2.75. The highest BCUT2D eigenvalue weighted by atomic mass is 35.5. The molecular weight excluding hydrogens is 402 g/mol. The first-order valence-electron chi connectivity index (χ1n) is 9.67. The Bertz CT molecular complexity index is 1110. The molecule has 0 saturated carbocycles. The number of rotatable bonds is 7. The largest absolute Gasteiger partial charge is 0.352 e. The third-order valence-electron chi connectivity index (χ3n) is 4.53. The van der Waals surface area contributed by atoms with Crippen LogP contribution in [-0.4, -0.2) is 22.9 Å². The second-order valence-electron chi connectivity index (χ2n) is 6.69. The number of nitrogens with one attached hydrogen (secondary N) is 2. The summed E-state index contributed by atoms with van der Waals surface area (Å²) in [6.45, 7) is 2.56. The Morgan fingerprint density at radius 1 is 0.933 bits per heavy atom. The quantitative estimate of drug-likeness (QED) is 0.557. The molecule has 0 atom stereocenters. The summed E-state index contributed by atoms with van der Waals surface area (Å²) in [6.07, 6.45) is 3.41. The van der Waals surface area contributed by atoms with Gasteiger partial charge < -0.3 is 10.6 Å². The van der Waals surface area contributed by atoms with Crippen LogP contribution in [0.4, 0.5) is 5.69 Å². The van der Waals surface area contributed by atoms with E-state index >= 15 is 0 Å². The highest BCUT2D eigenvalue weighted by Crippen LogP contribution is 2.18. The second kappa shape index (κ2) is 9.89. The van der Waals surface area contributed by atoms with Gasteiger partial charge in [0, 0.05) is 24.1 Å². The minimum Gasteiger partial charge on any atom is -0.352 e. The summed E-state index contributed by atoms with van der Waals surface area (Å²) in [5, 5.41) is 5.90. The number of nitrogens with zero attached hydrogens (tertiary/aromatic N) is 1. The number of carbonyl (C=O) groups excluding carboxylic acids is 2. The standard InChI is InChI=1S/C23H22ClN3O3/c1-2-3-14-25-21(28)19-8-6-15-27(23(19)30)17-12-10-16(11-13-17)26-22(29)18-7-4-5-9-20(18)24/h4-13,15H,2-3,14H2,1H3,(H,25,28)(H,26,29). The van der Waals surface area contributed by atoms with Gasteiger partial charge in [0.25, 0.3) is 17.4 Å². The van der Waals surface area contributed by atoms with Gasteiger partial charge in [-0.25, -0.2) is 0 Å². The van der Waals surface area contributed by atoms with Crippen molar-refractivity contribution >= 4 is 29.1 Å². The highest BCUT2D eigenvalue weighted by molar-refractivity contribution is 6.34. The SMILES string of the molecule is CCCCNC(=O)c1cccn(-c2ccc(NC(=O)c3ccccc3Cl)cc2)c1=O. The summed E-state index contributed by atoms with van der Waals surface area (Å²) >= 11 is 6.06. The molecule has 3 aromatic rings. The summed E-state index contributed by atoms with van der Waals surface area (Å²) in [4.78, 5) is 37.4. The van der Waals surface area contributed by atoms with Crippen molar-refractivity contribution in [2.45, 2.75) is 19.8 Å². The van der Waals surface area contributed by atoms with Crippen molar-refractivity contribution < 1.29 is 9.59 Å². The first-order valence-corrected chi connectivity index (χ1v) is 10.0. The molecule has 30 heavy (non-hydrogen) atoms. The smallest absolute Gasteiger partial charge is 0.267 e. The van der Waals surface area contributed by atoms with Crippen molar-refractivity contribution in [2.24, 2.45) is 0 Å².